The Kier molecular flexibility index (Phi) is 5.76. The molecule has 6 heteroatoms. The maximum absolute atomic E-state index is 12.2. The Balaban J connectivity index is 1.61. The highest BCUT2D eigenvalue weighted by atomic mass is 35.5. The minimum atomic E-state index is -0.0775. The second kappa shape index (κ2) is 8.21. The molecule has 3 rings (SSSR count). The lowest BCUT2D eigenvalue weighted by atomic mass is 10.1. The van der Waals surface area contributed by atoms with Gasteiger partial charge in [-0.3, -0.25) is 4.79 Å². The summed E-state index contributed by atoms with van der Waals surface area (Å²) in [6.45, 7) is 1.99. The van der Waals surface area contributed by atoms with E-state index in [1.165, 1.54) is 0 Å². The fourth-order valence-corrected chi connectivity index (χ4v) is 2.75. The van der Waals surface area contributed by atoms with Crippen LogP contribution in [0.1, 0.15) is 11.1 Å². The largest absolute Gasteiger partial charge is 0.340 e. The van der Waals surface area contributed by atoms with Crippen molar-refractivity contribution in [2.75, 3.05) is 10.6 Å². The first-order chi connectivity index (χ1) is 12.5. The van der Waals surface area contributed by atoms with Gasteiger partial charge in [0.1, 0.15) is 5.82 Å². The van der Waals surface area contributed by atoms with Gasteiger partial charge in [-0.05, 0) is 48.4 Å². The molecule has 0 fully saturated rings. The van der Waals surface area contributed by atoms with Crippen molar-refractivity contribution in [3.05, 3.63) is 82.0 Å². The quantitative estimate of drug-likeness (QED) is 0.598. The number of anilines is 3. The van der Waals surface area contributed by atoms with E-state index in [1.54, 1.807) is 30.5 Å². The van der Waals surface area contributed by atoms with Gasteiger partial charge < -0.3 is 10.6 Å². The summed E-state index contributed by atoms with van der Waals surface area (Å²) in [6.07, 6.45) is 1.94. The van der Waals surface area contributed by atoms with Crippen LogP contribution < -0.4 is 10.6 Å². The highest BCUT2D eigenvalue weighted by molar-refractivity contribution is 6.42. The van der Waals surface area contributed by atoms with Crippen LogP contribution in [0.15, 0.2) is 60.8 Å². The summed E-state index contributed by atoms with van der Waals surface area (Å²) < 4.78 is 0. The Hall–Kier alpha value is -2.56. The number of carbonyl (C=O) groups excluding carboxylic acids is 1. The summed E-state index contributed by atoms with van der Waals surface area (Å²) in [6, 6.07) is 16.7. The number of benzene rings is 2. The van der Waals surface area contributed by atoms with Crippen molar-refractivity contribution in [2.45, 2.75) is 13.3 Å². The average molecular weight is 386 g/mol. The molecule has 1 amide bonds. The van der Waals surface area contributed by atoms with E-state index >= 15 is 0 Å². The van der Waals surface area contributed by atoms with Crippen molar-refractivity contribution < 1.29 is 4.79 Å². The number of halogens is 2. The number of aryl methyl sites for hydroxylation is 1. The molecule has 0 bridgehead atoms. The molecule has 0 unspecified atom stereocenters. The summed E-state index contributed by atoms with van der Waals surface area (Å²) in [7, 11) is 0. The Morgan fingerprint density at radius 2 is 1.77 bits per heavy atom. The molecule has 26 heavy (non-hydrogen) atoms. The second-order valence-corrected chi connectivity index (χ2v) is 6.65. The zero-order valence-corrected chi connectivity index (χ0v) is 15.6. The summed E-state index contributed by atoms with van der Waals surface area (Å²) in [5, 5.41) is 6.96. The lowest BCUT2D eigenvalue weighted by Gasteiger charge is -2.09. The number of rotatable bonds is 5. The lowest BCUT2D eigenvalue weighted by molar-refractivity contribution is -0.115. The molecule has 0 aliphatic heterocycles. The van der Waals surface area contributed by atoms with Crippen molar-refractivity contribution >= 4 is 46.3 Å². The topological polar surface area (TPSA) is 54.0 Å². The van der Waals surface area contributed by atoms with Crippen LogP contribution in [0.3, 0.4) is 0 Å². The Bertz CT molecular complexity index is 927. The predicted octanol–water partition coefficient (Wildman–Crippen LogP) is 5.62. The lowest BCUT2D eigenvalue weighted by Crippen LogP contribution is -2.15. The monoisotopic (exact) mass is 385 g/mol. The summed E-state index contributed by atoms with van der Waals surface area (Å²) in [5.74, 6) is 0.562. The van der Waals surface area contributed by atoms with Gasteiger partial charge in [-0.15, -0.1) is 0 Å². The van der Waals surface area contributed by atoms with Gasteiger partial charge in [0.25, 0.3) is 0 Å². The molecule has 0 atom stereocenters. The van der Waals surface area contributed by atoms with Crippen LogP contribution in [0.4, 0.5) is 17.2 Å². The van der Waals surface area contributed by atoms with Crippen LogP contribution in [0.2, 0.25) is 10.0 Å². The van der Waals surface area contributed by atoms with Gasteiger partial charge in [-0.25, -0.2) is 4.98 Å². The standard InChI is InChI=1S/C20H17Cl2N3O/c1-13-4-2-3-5-14(13)10-20(26)25-16-7-9-19(23-12-16)24-15-6-8-17(21)18(22)11-15/h2-9,11-12H,10H2,1H3,(H,23,24)(H,25,26). The predicted molar refractivity (Wildman–Crippen MR) is 107 cm³/mol. The minimum absolute atomic E-state index is 0.0775. The molecule has 0 aliphatic carbocycles. The minimum Gasteiger partial charge on any atom is -0.340 e. The van der Waals surface area contributed by atoms with E-state index in [2.05, 4.69) is 15.6 Å². The average Bonchev–Trinajstić information content (AvgIpc) is 2.62. The third-order valence-electron chi connectivity index (χ3n) is 3.85. The molecule has 0 saturated carbocycles. The van der Waals surface area contributed by atoms with E-state index in [0.29, 0.717) is 28.0 Å². The molecule has 3 aromatic rings. The molecule has 2 N–H and O–H groups in total. The molecule has 2 aromatic carbocycles. The zero-order valence-electron chi connectivity index (χ0n) is 14.1. The van der Waals surface area contributed by atoms with Crippen molar-refractivity contribution in [1.82, 2.24) is 4.98 Å². The molecule has 1 aromatic heterocycles. The number of amides is 1. The van der Waals surface area contributed by atoms with Crippen molar-refractivity contribution in [3.8, 4) is 0 Å². The molecule has 0 radical (unpaired) electrons. The smallest absolute Gasteiger partial charge is 0.228 e. The fourth-order valence-electron chi connectivity index (χ4n) is 2.45. The van der Waals surface area contributed by atoms with Crippen LogP contribution in [-0.4, -0.2) is 10.9 Å². The number of hydrogen-bond donors (Lipinski definition) is 2. The van der Waals surface area contributed by atoms with E-state index in [0.717, 1.165) is 16.8 Å². The molecule has 1 heterocycles. The molecule has 0 saturated heterocycles. The molecule has 0 spiro atoms. The van der Waals surface area contributed by atoms with E-state index in [1.807, 2.05) is 37.3 Å². The number of carbonyl (C=O) groups is 1. The van der Waals surface area contributed by atoms with Gasteiger partial charge in [-0.1, -0.05) is 47.5 Å². The summed E-state index contributed by atoms with van der Waals surface area (Å²) >= 11 is 11.9. The first-order valence-electron chi connectivity index (χ1n) is 8.04. The maximum atomic E-state index is 12.2. The fraction of sp³-hybridized carbons (Fsp3) is 0.100. The first kappa shape index (κ1) is 18.2. The van der Waals surface area contributed by atoms with Crippen LogP contribution >= 0.6 is 23.2 Å². The zero-order chi connectivity index (χ0) is 18.5. The highest BCUT2D eigenvalue weighted by Crippen LogP contribution is 2.26. The molecular weight excluding hydrogens is 369 g/mol. The van der Waals surface area contributed by atoms with Gasteiger partial charge in [0.2, 0.25) is 5.91 Å². The Morgan fingerprint density at radius 3 is 2.46 bits per heavy atom. The van der Waals surface area contributed by atoms with Gasteiger partial charge >= 0.3 is 0 Å². The SMILES string of the molecule is Cc1ccccc1CC(=O)Nc1ccc(Nc2ccc(Cl)c(Cl)c2)nc1. The number of hydrogen-bond acceptors (Lipinski definition) is 3. The summed E-state index contributed by atoms with van der Waals surface area (Å²) in [5.41, 5.74) is 3.53. The van der Waals surface area contributed by atoms with E-state index in [-0.39, 0.29) is 5.91 Å². The van der Waals surface area contributed by atoms with Gasteiger partial charge in [0.15, 0.2) is 0 Å². The molecular formula is C20H17Cl2N3O. The Labute approximate surface area is 162 Å². The summed E-state index contributed by atoms with van der Waals surface area (Å²) in [4.78, 5) is 16.5. The van der Waals surface area contributed by atoms with Crippen LogP contribution in [0.25, 0.3) is 0 Å². The maximum Gasteiger partial charge on any atom is 0.228 e. The van der Waals surface area contributed by atoms with Crippen molar-refractivity contribution in [2.24, 2.45) is 0 Å². The molecule has 4 nitrogen and oxygen atoms in total. The second-order valence-electron chi connectivity index (χ2n) is 5.84. The van der Waals surface area contributed by atoms with E-state index in [9.17, 15) is 4.79 Å². The van der Waals surface area contributed by atoms with Gasteiger partial charge in [0.05, 0.1) is 28.4 Å². The van der Waals surface area contributed by atoms with E-state index < -0.39 is 0 Å². The number of nitrogens with one attached hydrogen (secondary N) is 2. The van der Waals surface area contributed by atoms with Crippen LogP contribution in [0, 0.1) is 6.92 Å². The number of nitrogens with zero attached hydrogens (tertiary/aromatic N) is 1. The van der Waals surface area contributed by atoms with Gasteiger partial charge in [-0.2, -0.15) is 0 Å². The van der Waals surface area contributed by atoms with Gasteiger partial charge in [0, 0.05) is 5.69 Å². The molecule has 132 valence electrons. The number of aromatic nitrogens is 1. The van der Waals surface area contributed by atoms with Crippen LogP contribution in [-0.2, 0) is 11.2 Å². The number of pyridine rings is 1. The van der Waals surface area contributed by atoms with Crippen LogP contribution in [0.5, 0.6) is 0 Å². The third-order valence-corrected chi connectivity index (χ3v) is 4.59. The third kappa shape index (κ3) is 4.75. The van der Waals surface area contributed by atoms with Crippen molar-refractivity contribution in [3.63, 3.8) is 0 Å². The van der Waals surface area contributed by atoms with Crippen molar-refractivity contribution in [1.29, 1.82) is 0 Å². The normalized spacial score (nSPS) is 10.4. The first-order valence-corrected chi connectivity index (χ1v) is 8.79. The Morgan fingerprint density at radius 1 is 1.00 bits per heavy atom. The molecule has 0 aliphatic rings. The highest BCUT2D eigenvalue weighted by Gasteiger charge is 2.07. The van der Waals surface area contributed by atoms with E-state index in [4.69, 9.17) is 23.2 Å².